The maximum Gasteiger partial charge on any atom is 0.175 e. The van der Waals surface area contributed by atoms with Gasteiger partial charge in [0.25, 0.3) is 0 Å². The van der Waals surface area contributed by atoms with Crippen molar-refractivity contribution in [1.82, 2.24) is 15.1 Å². The molecule has 0 saturated heterocycles. The van der Waals surface area contributed by atoms with Gasteiger partial charge >= 0.3 is 0 Å². The summed E-state index contributed by atoms with van der Waals surface area (Å²) in [4.78, 5) is 11.2. The molecule has 2 heterocycles. The van der Waals surface area contributed by atoms with Gasteiger partial charge in [-0.1, -0.05) is 35.5 Å². The van der Waals surface area contributed by atoms with Crippen molar-refractivity contribution in [3.8, 4) is 0 Å². The maximum absolute atomic E-state index is 5.08. The summed E-state index contributed by atoms with van der Waals surface area (Å²) in [5.41, 5.74) is 1.25. The van der Waals surface area contributed by atoms with Gasteiger partial charge in [-0.25, -0.2) is 9.97 Å². The molecule has 0 amide bonds. The lowest BCUT2D eigenvalue weighted by Crippen LogP contribution is -2.23. The SMILES string of the molecule is CCN(Cc1ccccc1)c1cc(Nc2cc(C)on2)nc(C)n1. The Morgan fingerprint density at radius 3 is 2.50 bits per heavy atom. The zero-order chi connectivity index (χ0) is 16.9. The van der Waals surface area contributed by atoms with E-state index >= 15 is 0 Å². The molecular weight excluding hydrogens is 302 g/mol. The van der Waals surface area contributed by atoms with Gasteiger partial charge in [-0.3, -0.25) is 0 Å². The topological polar surface area (TPSA) is 67.1 Å². The quantitative estimate of drug-likeness (QED) is 0.743. The van der Waals surface area contributed by atoms with Crippen molar-refractivity contribution in [2.75, 3.05) is 16.8 Å². The van der Waals surface area contributed by atoms with Gasteiger partial charge in [-0.2, -0.15) is 0 Å². The van der Waals surface area contributed by atoms with Crippen molar-refractivity contribution in [3.63, 3.8) is 0 Å². The maximum atomic E-state index is 5.08. The van der Waals surface area contributed by atoms with Crippen molar-refractivity contribution in [1.29, 1.82) is 0 Å². The fourth-order valence-corrected chi connectivity index (χ4v) is 2.49. The molecule has 1 aromatic carbocycles. The Hall–Kier alpha value is -2.89. The Morgan fingerprint density at radius 2 is 1.83 bits per heavy atom. The first kappa shape index (κ1) is 16.0. The highest BCUT2D eigenvalue weighted by Gasteiger charge is 2.11. The van der Waals surface area contributed by atoms with E-state index in [1.165, 1.54) is 5.56 Å². The summed E-state index contributed by atoms with van der Waals surface area (Å²) < 4.78 is 5.08. The Labute approximate surface area is 141 Å². The number of benzene rings is 1. The molecule has 0 fully saturated rings. The molecule has 0 radical (unpaired) electrons. The van der Waals surface area contributed by atoms with Crippen LogP contribution >= 0.6 is 0 Å². The number of aryl methyl sites for hydroxylation is 2. The molecule has 0 saturated carbocycles. The molecule has 2 aromatic heterocycles. The second-order valence-corrected chi connectivity index (χ2v) is 5.61. The van der Waals surface area contributed by atoms with Gasteiger partial charge in [0, 0.05) is 25.2 Å². The van der Waals surface area contributed by atoms with E-state index in [1.54, 1.807) is 0 Å². The highest BCUT2D eigenvalue weighted by molar-refractivity contribution is 5.56. The number of nitrogens with one attached hydrogen (secondary N) is 1. The molecule has 1 N–H and O–H groups in total. The molecule has 0 unspecified atom stereocenters. The van der Waals surface area contributed by atoms with E-state index in [-0.39, 0.29) is 0 Å². The average molecular weight is 323 g/mol. The number of rotatable bonds is 6. The second-order valence-electron chi connectivity index (χ2n) is 5.61. The van der Waals surface area contributed by atoms with Crippen LogP contribution in [0.1, 0.15) is 24.1 Å². The van der Waals surface area contributed by atoms with Gasteiger partial charge in [0.1, 0.15) is 23.2 Å². The average Bonchev–Trinajstić information content (AvgIpc) is 2.98. The lowest BCUT2D eigenvalue weighted by atomic mass is 10.2. The molecule has 0 aliphatic rings. The molecule has 0 spiro atoms. The fourth-order valence-electron chi connectivity index (χ4n) is 2.49. The molecule has 0 atom stereocenters. The second kappa shape index (κ2) is 7.12. The number of anilines is 3. The highest BCUT2D eigenvalue weighted by atomic mass is 16.5. The van der Waals surface area contributed by atoms with Crippen molar-refractivity contribution in [2.24, 2.45) is 0 Å². The van der Waals surface area contributed by atoms with Crippen LogP contribution in [0, 0.1) is 13.8 Å². The van der Waals surface area contributed by atoms with Crippen molar-refractivity contribution in [2.45, 2.75) is 27.3 Å². The van der Waals surface area contributed by atoms with Crippen LogP contribution in [0.3, 0.4) is 0 Å². The van der Waals surface area contributed by atoms with Gasteiger partial charge in [0.2, 0.25) is 0 Å². The third-order valence-electron chi connectivity index (χ3n) is 3.63. The monoisotopic (exact) mass is 323 g/mol. The summed E-state index contributed by atoms with van der Waals surface area (Å²) in [6.45, 7) is 7.52. The summed E-state index contributed by atoms with van der Waals surface area (Å²) in [7, 11) is 0. The van der Waals surface area contributed by atoms with Crippen molar-refractivity contribution >= 4 is 17.5 Å². The molecule has 6 nitrogen and oxygen atoms in total. The Kier molecular flexibility index (Phi) is 4.74. The standard InChI is InChI=1S/C18H21N5O/c1-4-23(12-15-8-6-5-7-9-15)18-11-16(19-14(3)20-18)21-17-10-13(2)24-22-17/h5-11H,4,12H2,1-3H3,(H,19,20,21,22). The van der Waals surface area contributed by atoms with Crippen LogP contribution in [0.15, 0.2) is 47.0 Å². The normalized spacial score (nSPS) is 10.6. The van der Waals surface area contributed by atoms with Gasteiger partial charge in [-0.15, -0.1) is 0 Å². The molecular formula is C18H21N5O. The zero-order valence-corrected chi connectivity index (χ0v) is 14.2. The largest absolute Gasteiger partial charge is 0.360 e. The van der Waals surface area contributed by atoms with E-state index in [0.717, 1.165) is 24.7 Å². The lowest BCUT2D eigenvalue weighted by molar-refractivity contribution is 0.400. The van der Waals surface area contributed by atoms with E-state index < -0.39 is 0 Å². The Morgan fingerprint density at radius 1 is 1.04 bits per heavy atom. The third-order valence-corrected chi connectivity index (χ3v) is 3.63. The molecule has 6 heteroatoms. The minimum Gasteiger partial charge on any atom is -0.360 e. The summed E-state index contributed by atoms with van der Waals surface area (Å²) in [5, 5.41) is 7.11. The lowest BCUT2D eigenvalue weighted by Gasteiger charge is -2.22. The first-order valence-corrected chi connectivity index (χ1v) is 7.99. The van der Waals surface area contributed by atoms with Crippen LogP contribution in [0.4, 0.5) is 17.5 Å². The van der Waals surface area contributed by atoms with E-state index in [1.807, 2.05) is 44.2 Å². The van der Waals surface area contributed by atoms with Gasteiger partial charge in [-0.05, 0) is 26.3 Å². The molecule has 124 valence electrons. The smallest absolute Gasteiger partial charge is 0.175 e. The predicted octanol–water partition coefficient (Wildman–Crippen LogP) is 3.85. The number of hydrogen-bond donors (Lipinski definition) is 1. The first-order valence-electron chi connectivity index (χ1n) is 7.99. The van der Waals surface area contributed by atoms with Crippen molar-refractivity contribution < 1.29 is 4.52 Å². The fraction of sp³-hybridized carbons (Fsp3) is 0.278. The summed E-state index contributed by atoms with van der Waals surface area (Å²) in [5.74, 6) is 3.70. The van der Waals surface area contributed by atoms with Gasteiger partial charge < -0.3 is 14.7 Å². The van der Waals surface area contributed by atoms with Crippen LogP contribution in [0.25, 0.3) is 0 Å². The molecule has 24 heavy (non-hydrogen) atoms. The predicted molar refractivity (Wildman–Crippen MR) is 94.5 cm³/mol. The molecule has 0 aliphatic heterocycles. The van der Waals surface area contributed by atoms with Crippen molar-refractivity contribution in [3.05, 3.63) is 59.6 Å². The summed E-state index contributed by atoms with van der Waals surface area (Å²) in [6, 6.07) is 14.1. The zero-order valence-electron chi connectivity index (χ0n) is 14.2. The number of nitrogens with zero attached hydrogens (tertiary/aromatic N) is 4. The van der Waals surface area contributed by atoms with Gasteiger partial charge in [0.05, 0.1) is 0 Å². The summed E-state index contributed by atoms with van der Waals surface area (Å²) in [6.07, 6.45) is 0. The van der Waals surface area contributed by atoms with Crippen LogP contribution in [0.2, 0.25) is 0 Å². The molecule has 0 aliphatic carbocycles. The Balaban J connectivity index is 1.83. The van der Waals surface area contributed by atoms with Crippen LogP contribution in [-0.4, -0.2) is 21.7 Å². The minimum atomic E-state index is 0.641. The number of hydrogen-bond acceptors (Lipinski definition) is 6. The first-order chi connectivity index (χ1) is 11.6. The van der Waals surface area contributed by atoms with E-state index in [0.29, 0.717) is 17.5 Å². The van der Waals surface area contributed by atoms with Gasteiger partial charge in [0.15, 0.2) is 5.82 Å². The molecule has 3 aromatic rings. The number of aromatic nitrogens is 3. The summed E-state index contributed by atoms with van der Waals surface area (Å²) >= 11 is 0. The van der Waals surface area contributed by atoms with E-state index in [2.05, 4.69) is 44.4 Å². The molecule has 3 rings (SSSR count). The van der Waals surface area contributed by atoms with Crippen LogP contribution < -0.4 is 10.2 Å². The van der Waals surface area contributed by atoms with Crippen LogP contribution in [0.5, 0.6) is 0 Å². The molecule has 0 bridgehead atoms. The third kappa shape index (κ3) is 3.90. The van der Waals surface area contributed by atoms with E-state index in [4.69, 9.17) is 4.52 Å². The highest BCUT2D eigenvalue weighted by Crippen LogP contribution is 2.21. The van der Waals surface area contributed by atoms with E-state index in [9.17, 15) is 0 Å². The minimum absolute atomic E-state index is 0.641. The van der Waals surface area contributed by atoms with Crippen LogP contribution in [-0.2, 0) is 6.54 Å². The Bertz CT molecular complexity index is 800.